The molecule has 0 saturated carbocycles. The molecule has 0 aliphatic heterocycles. The van der Waals surface area contributed by atoms with Gasteiger partial charge in [-0.1, -0.05) is 30.3 Å². The molecule has 0 unspecified atom stereocenters. The Balaban J connectivity index is 1.44. The van der Waals surface area contributed by atoms with Crippen LogP contribution in [0.25, 0.3) is 16.6 Å². The molecule has 0 bridgehead atoms. The third-order valence-corrected chi connectivity index (χ3v) is 3.85. The highest BCUT2D eigenvalue weighted by molar-refractivity contribution is 5.94. The molecule has 0 aliphatic carbocycles. The Morgan fingerprint density at radius 3 is 2.83 bits per heavy atom. The van der Waals surface area contributed by atoms with E-state index in [1.54, 1.807) is 6.07 Å². The fourth-order valence-corrected chi connectivity index (χ4v) is 2.63. The molecule has 0 aliphatic rings. The topological polar surface area (TPSA) is 72.2 Å². The second-order valence-electron chi connectivity index (χ2n) is 5.44. The molecule has 6 nitrogen and oxygen atoms in total. The van der Waals surface area contributed by atoms with Gasteiger partial charge in [0, 0.05) is 24.5 Å². The predicted octanol–water partition coefficient (Wildman–Crippen LogP) is 2.25. The number of carbonyl (C=O) groups is 1. The number of fused-ring (bicyclic) bond motifs is 2. The van der Waals surface area contributed by atoms with E-state index >= 15 is 0 Å². The molecule has 0 saturated heterocycles. The van der Waals surface area contributed by atoms with Crippen LogP contribution >= 0.6 is 0 Å². The van der Waals surface area contributed by atoms with Crippen LogP contribution in [-0.2, 0) is 6.42 Å². The molecular weight excluding hydrogens is 302 g/mol. The van der Waals surface area contributed by atoms with E-state index in [9.17, 15) is 4.79 Å². The number of rotatable bonds is 4. The number of carbonyl (C=O) groups excluding carboxylic acids is 1. The maximum Gasteiger partial charge on any atom is 0.269 e. The Morgan fingerprint density at radius 1 is 1.00 bits per heavy atom. The van der Waals surface area contributed by atoms with Crippen molar-refractivity contribution in [1.82, 2.24) is 24.9 Å². The lowest BCUT2D eigenvalue weighted by Crippen LogP contribution is -2.27. The van der Waals surface area contributed by atoms with Crippen molar-refractivity contribution in [2.45, 2.75) is 6.42 Å². The zero-order valence-corrected chi connectivity index (χ0v) is 12.9. The Labute approximate surface area is 138 Å². The maximum atomic E-state index is 12.3. The summed E-state index contributed by atoms with van der Waals surface area (Å²) >= 11 is 0. The summed E-state index contributed by atoms with van der Waals surface area (Å²) in [6.45, 7) is 0.475. The Kier molecular flexibility index (Phi) is 3.63. The third kappa shape index (κ3) is 2.69. The molecule has 4 aromatic rings. The quantitative estimate of drug-likeness (QED) is 0.626. The van der Waals surface area contributed by atoms with Crippen molar-refractivity contribution in [2.24, 2.45) is 0 Å². The van der Waals surface area contributed by atoms with E-state index in [2.05, 4.69) is 20.5 Å². The lowest BCUT2D eigenvalue weighted by atomic mass is 10.2. The summed E-state index contributed by atoms with van der Waals surface area (Å²) < 4.78 is 1.92. The zero-order chi connectivity index (χ0) is 16.4. The third-order valence-electron chi connectivity index (χ3n) is 3.85. The van der Waals surface area contributed by atoms with E-state index in [4.69, 9.17) is 0 Å². The summed E-state index contributed by atoms with van der Waals surface area (Å²) in [5, 5.41) is 12.2. The number of amides is 1. The first-order chi connectivity index (χ1) is 11.8. The van der Waals surface area contributed by atoms with Gasteiger partial charge in [-0.3, -0.25) is 9.20 Å². The average Bonchev–Trinajstić information content (AvgIpc) is 3.04. The SMILES string of the molecule is O=C(NCCc1nnc2ccccn12)c1ccc2ccccc2n1. The molecule has 118 valence electrons. The van der Waals surface area contributed by atoms with Crippen LogP contribution in [0, 0.1) is 0 Å². The van der Waals surface area contributed by atoms with Gasteiger partial charge in [-0.25, -0.2) is 4.98 Å². The number of hydrogen-bond acceptors (Lipinski definition) is 4. The van der Waals surface area contributed by atoms with E-state index in [-0.39, 0.29) is 5.91 Å². The summed E-state index contributed by atoms with van der Waals surface area (Å²) in [6.07, 6.45) is 2.52. The van der Waals surface area contributed by atoms with Crippen LogP contribution in [0.3, 0.4) is 0 Å². The number of hydrogen-bond donors (Lipinski definition) is 1. The van der Waals surface area contributed by atoms with Crippen LogP contribution in [0.1, 0.15) is 16.3 Å². The number of para-hydroxylation sites is 1. The molecule has 1 aromatic carbocycles. The van der Waals surface area contributed by atoms with Crippen molar-refractivity contribution in [2.75, 3.05) is 6.54 Å². The van der Waals surface area contributed by atoms with Crippen LogP contribution in [0.5, 0.6) is 0 Å². The molecule has 0 atom stereocenters. The van der Waals surface area contributed by atoms with Gasteiger partial charge >= 0.3 is 0 Å². The van der Waals surface area contributed by atoms with Crippen LogP contribution < -0.4 is 5.32 Å². The van der Waals surface area contributed by atoms with E-state index in [1.807, 2.05) is 59.1 Å². The van der Waals surface area contributed by atoms with Crippen LogP contribution in [0.4, 0.5) is 0 Å². The summed E-state index contributed by atoms with van der Waals surface area (Å²) in [6, 6.07) is 17.1. The normalized spacial score (nSPS) is 11.0. The summed E-state index contributed by atoms with van der Waals surface area (Å²) in [4.78, 5) is 16.7. The number of pyridine rings is 2. The molecule has 3 aromatic heterocycles. The first kappa shape index (κ1) is 14.3. The van der Waals surface area contributed by atoms with Gasteiger partial charge in [0.1, 0.15) is 11.5 Å². The largest absolute Gasteiger partial charge is 0.350 e. The fraction of sp³-hybridized carbons (Fsp3) is 0.111. The summed E-state index contributed by atoms with van der Waals surface area (Å²) in [7, 11) is 0. The molecule has 0 spiro atoms. The average molecular weight is 317 g/mol. The maximum absolute atomic E-state index is 12.3. The lowest BCUT2D eigenvalue weighted by Gasteiger charge is -2.05. The molecule has 1 amide bonds. The van der Waals surface area contributed by atoms with Crippen molar-refractivity contribution in [3.05, 3.63) is 72.3 Å². The Bertz CT molecular complexity index is 1020. The zero-order valence-electron chi connectivity index (χ0n) is 12.9. The first-order valence-electron chi connectivity index (χ1n) is 7.74. The van der Waals surface area contributed by atoms with Crippen LogP contribution in [0.15, 0.2) is 60.8 Å². The van der Waals surface area contributed by atoms with Gasteiger partial charge in [0.25, 0.3) is 5.91 Å². The van der Waals surface area contributed by atoms with Gasteiger partial charge in [-0.05, 0) is 24.3 Å². The number of nitrogens with zero attached hydrogens (tertiary/aromatic N) is 4. The van der Waals surface area contributed by atoms with Gasteiger partial charge < -0.3 is 5.32 Å². The van der Waals surface area contributed by atoms with Gasteiger partial charge in [-0.2, -0.15) is 0 Å². The molecule has 0 radical (unpaired) electrons. The Morgan fingerprint density at radius 2 is 1.88 bits per heavy atom. The monoisotopic (exact) mass is 317 g/mol. The van der Waals surface area contributed by atoms with Crippen LogP contribution in [0.2, 0.25) is 0 Å². The van der Waals surface area contributed by atoms with E-state index in [0.717, 1.165) is 22.4 Å². The highest BCUT2D eigenvalue weighted by atomic mass is 16.1. The second-order valence-corrected chi connectivity index (χ2v) is 5.44. The standard InChI is InChI=1S/C18H15N5O/c24-18(15-9-8-13-5-1-2-6-14(13)20-15)19-11-10-17-22-21-16-7-3-4-12-23(16)17/h1-9,12H,10-11H2,(H,19,24). The molecular formula is C18H15N5O. The minimum absolute atomic E-state index is 0.186. The fourth-order valence-electron chi connectivity index (χ4n) is 2.63. The first-order valence-corrected chi connectivity index (χ1v) is 7.74. The van der Waals surface area contributed by atoms with E-state index in [0.29, 0.717) is 18.7 Å². The molecule has 24 heavy (non-hydrogen) atoms. The minimum Gasteiger partial charge on any atom is -0.350 e. The van der Waals surface area contributed by atoms with Crippen molar-refractivity contribution < 1.29 is 4.79 Å². The van der Waals surface area contributed by atoms with Gasteiger partial charge in [-0.15, -0.1) is 10.2 Å². The lowest BCUT2D eigenvalue weighted by molar-refractivity contribution is 0.0949. The number of nitrogens with one attached hydrogen (secondary N) is 1. The van der Waals surface area contributed by atoms with Crippen molar-refractivity contribution in [3.63, 3.8) is 0 Å². The molecule has 4 rings (SSSR count). The number of aromatic nitrogens is 4. The van der Waals surface area contributed by atoms with Gasteiger partial charge in [0.05, 0.1) is 5.52 Å². The van der Waals surface area contributed by atoms with Crippen LogP contribution in [-0.4, -0.2) is 32.0 Å². The molecule has 0 fully saturated rings. The van der Waals surface area contributed by atoms with Gasteiger partial charge in [0.15, 0.2) is 5.65 Å². The van der Waals surface area contributed by atoms with E-state index in [1.165, 1.54) is 0 Å². The number of benzene rings is 1. The van der Waals surface area contributed by atoms with E-state index < -0.39 is 0 Å². The molecule has 3 heterocycles. The summed E-state index contributed by atoms with van der Waals surface area (Å²) in [5.74, 6) is 0.631. The predicted molar refractivity (Wildman–Crippen MR) is 90.8 cm³/mol. The summed E-state index contributed by atoms with van der Waals surface area (Å²) in [5.41, 5.74) is 2.03. The smallest absolute Gasteiger partial charge is 0.269 e. The molecule has 6 heteroatoms. The highest BCUT2D eigenvalue weighted by Gasteiger charge is 2.09. The Hall–Kier alpha value is -3.28. The minimum atomic E-state index is -0.186. The highest BCUT2D eigenvalue weighted by Crippen LogP contribution is 2.11. The van der Waals surface area contributed by atoms with Crippen molar-refractivity contribution >= 4 is 22.5 Å². The van der Waals surface area contributed by atoms with Crippen molar-refractivity contribution in [3.8, 4) is 0 Å². The van der Waals surface area contributed by atoms with Crippen molar-refractivity contribution in [1.29, 1.82) is 0 Å². The second kappa shape index (κ2) is 6.08. The van der Waals surface area contributed by atoms with Gasteiger partial charge in [0.2, 0.25) is 0 Å². The molecule has 1 N–H and O–H groups in total.